The van der Waals surface area contributed by atoms with Crippen molar-refractivity contribution in [3.63, 3.8) is 0 Å². The van der Waals surface area contributed by atoms with Crippen LogP contribution in [0.3, 0.4) is 0 Å². The minimum atomic E-state index is -4.80. The fourth-order valence-corrected chi connectivity index (χ4v) is 1.18. The van der Waals surface area contributed by atoms with E-state index in [-0.39, 0.29) is 0 Å². The van der Waals surface area contributed by atoms with Gasteiger partial charge in [0.25, 0.3) is 0 Å². The highest BCUT2D eigenvalue weighted by atomic mass is 35.5. The minimum absolute atomic E-state index is 0.467. The van der Waals surface area contributed by atoms with E-state index >= 15 is 0 Å². The van der Waals surface area contributed by atoms with Crippen LogP contribution in [0.25, 0.3) is 0 Å². The lowest BCUT2D eigenvalue weighted by Crippen LogP contribution is -2.33. The van der Waals surface area contributed by atoms with Crippen molar-refractivity contribution in [3.05, 3.63) is 29.8 Å². The second kappa shape index (κ2) is 5.28. The Balaban J connectivity index is 2.99. The number of carbonyl (C=O) groups is 1. The molecule has 1 aromatic rings. The van der Waals surface area contributed by atoms with Gasteiger partial charge >= 0.3 is 17.9 Å². The molecular weight excluding hydrogens is 302 g/mol. The molecule has 0 saturated heterocycles. The van der Waals surface area contributed by atoms with E-state index in [1.165, 1.54) is 0 Å². The number of benzene rings is 1. The van der Waals surface area contributed by atoms with Crippen LogP contribution in [0.15, 0.2) is 24.3 Å². The number of ether oxygens (including phenoxy) is 1. The molecule has 0 fully saturated rings. The summed E-state index contributed by atoms with van der Waals surface area (Å²) in [4.78, 5) is 11.0. The molecule has 0 aromatic heterocycles. The number of hydrogen-bond donors (Lipinski definition) is 0. The van der Waals surface area contributed by atoms with Crippen molar-refractivity contribution < 1.29 is 35.9 Å². The van der Waals surface area contributed by atoms with Gasteiger partial charge in [-0.1, -0.05) is 12.1 Å². The first-order valence-electron chi connectivity index (χ1n) is 4.60. The molecule has 0 N–H and O–H groups in total. The summed E-state index contributed by atoms with van der Waals surface area (Å²) in [5.41, 5.74) is -0.748. The fraction of sp³-hybridized carbons (Fsp3) is 0.300. The first-order valence-corrected chi connectivity index (χ1v) is 4.98. The number of halogens is 7. The van der Waals surface area contributed by atoms with Gasteiger partial charge in [0.15, 0.2) is 0 Å². The van der Waals surface area contributed by atoms with Crippen LogP contribution < -0.4 is 4.74 Å². The second-order valence-corrected chi connectivity index (χ2v) is 3.79. The second-order valence-electron chi connectivity index (χ2n) is 3.32. The average molecular weight is 307 g/mol. The fourth-order valence-electron chi connectivity index (χ4n) is 1.07. The molecule has 106 valence electrons. The van der Waals surface area contributed by atoms with Gasteiger partial charge < -0.3 is 4.74 Å². The normalized spacial score (nSPS) is 12.6. The molecule has 0 saturated carbocycles. The van der Waals surface area contributed by atoms with Crippen molar-refractivity contribution in [2.45, 2.75) is 17.9 Å². The maximum Gasteiger partial charge on any atom is 0.461 e. The number of hydrogen-bond acceptors (Lipinski definition) is 2. The van der Waals surface area contributed by atoms with Crippen LogP contribution in [0.5, 0.6) is 5.75 Å². The maximum absolute atomic E-state index is 12.6. The van der Waals surface area contributed by atoms with E-state index in [9.17, 15) is 31.1 Å². The van der Waals surface area contributed by atoms with Crippen molar-refractivity contribution in [1.29, 1.82) is 0 Å². The number of carbonyl (C=O) groups excluding carboxylic acids is 1. The van der Waals surface area contributed by atoms with Crippen LogP contribution in [0.4, 0.5) is 26.3 Å². The van der Waals surface area contributed by atoms with Crippen molar-refractivity contribution in [3.8, 4) is 5.75 Å². The molecule has 0 radical (unpaired) electrons. The zero-order valence-corrected chi connectivity index (χ0v) is 9.60. The summed E-state index contributed by atoms with van der Waals surface area (Å²) < 4.78 is 77.5. The number of Topliss-reactive ketones (excluding diaryl/α,β-unsaturated/α-hetero) is 1. The van der Waals surface area contributed by atoms with E-state index in [1.54, 1.807) is 0 Å². The van der Waals surface area contributed by atoms with Gasteiger partial charge in [0.2, 0.25) is 5.78 Å². The SMILES string of the molecule is O=C(c1cccc(OC(F)(F)C(F)F)c1)C(F)(F)Cl. The molecule has 1 aromatic carbocycles. The Morgan fingerprint density at radius 3 is 2.26 bits per heavy atom. The predicted octanol–water partition coefficient (Wildman–Crippen LogP) is 3.94. The van der Waals surface area contributed by atoms with Gasteiger partial charge in [0.1, 0.15) is 5.75 Å². The lowest BCUT2D eigenvalue weighted by atomic mass is 10.1. The number of ketones is 1. The smallest absolute Gasteiger partial charge is 0.428 e. The van der Waals surface area contributed by atoms with Crippen LogP contribution in [-0.4, -0.2) is 23.7 Å². The highest BCUT2D eigenvalue weighted by molar-refractivity contribution is 6.35. The Bertz CT molecular complexity index is 471. The lowest BCUT2D eigenvalue weighted by Gasteiger charge is -2.17. The van der Waals surface area contributed by atoms with Crippen molar-refractivity contribution in [2.24, 2.45) is 0 Å². The summed E-state index contributed by atoms with van der Waals surface area (Å²) in [6.07, 6.45) is -8.91. The first kappa shape index (κ1) is 15.6. The van der Waals surface area contributed by atoms with Crippen LogP contribution in [0, 0.1) is 0 Å². The third-order valence-corrected chi connectivity index (χ3v) is 2.03. The molecule has 0 aliphatic rings. The Hall–Kier alpha value is -1.44. The van der Waals surface area contributed by atoms with Gasteiger partial charge in [-0.25, -0.2) is 0 Å². The minimum Gasteiger partial charge on any atom is -0.428 e. The third kappa shape index (κ3) is 4.02. The molecule has 1 rings (SSSR count). The zero-order valence-electron chi connectivity index (χ0n) is 8.85. The molecule has 0 unspecified atom stereocenters. The standard InChI is InChI=1S/C10H5ClF6O2/c11-9(14,15)7(18)5-2-1-3-6(4-5)19-10(16,17)8(12)13/h1-4,8H. The molecule has 9 heteroatoms. The molecule has 0 aliphatic carbocycles. The van der Waals surface area contributed by atoms with E-state index in [0.29, 0.717) is 6.07 Å². The van der Waals surface area contributed by atoms with E-state index in [1.807, 2.05) is 0 Å². The van der Waals surface area contributed by atoms with Gasteiger partial charge in [0.05, 0.1) is 0 Å². The summed E-state index contributed by atoms with van der Waals surface area (Å²) in [5, 5.41) is -4.23. The molecule has 0 aliphatic heterocycles. The van der Waals surface area contributed by atoms with Crippen LogP contribution >= 0.6 is 11.6 Å². The van der Waals surface area contributed by atoms with Gasteiger partial charge in [-0.2, -0.15) is 26.3 Å². The van der Waals surface area contributed by atoms with Crippen LogP contribution in [0.1, 0.15) is 10.4 Å². The van der Waals surface area contributed by atoms with Crippen LogP contribution in [-0.2, 0) is 0 Å². The summed E-state index contributed by atoms with van der Waals surface area (Å²) >= 11 is 4.46. The van der Waals surface area contributed by atoms with Crippen molar-refractivity contribution in [1.82, 2.24) is 0 Å². The summed E-state index contributed by atoms with van der Waals surface area (Å²) in [7, 11) is 0. The predicted molar refractivity (Wildman–Crippen MR) is 53.2 cm³/mol. The monoisotopic (exact) mass is 306 g/mol. The number of rotatable bonds is 5. The quantitative estimate of drug-likeness (QED) is 0.468. The largest absolute Gasteiger partial charge is 0.461 e. The molecule has 0 amide bonds. The molecule has 0 heterocycles. The Labute approximate surface area is 107 Å². The Morgan fingerprint density at radius 1 is 1.21 bits per heavy atom. The lowest BCUT2D eigenvalue weighted by molar-refractivity contribution is -0.253. The highest BCUT2D eigenvalue weighted by Gasteiger charge is 2.44. The Kier molecular flexibility index (Phi) is 4.34. The van der Waals surface area contributed by atoms with E-state index in [0.717, 1.165) is 18.2 Å². The molecule has 0 spiro atoms. The number of alkyl halides is 7. The summed E-state index contributed by atoms with van der Waals surface area (Å²) in [6.45, 7) is 0. The zero-order chi connectivity index (χ0) is 14.8. The van der Waals surface area contributed by atoms with Crippen LogP contribution in [0.2, 0.25) is 0 Å². The topological polar surface area (TPSA) is 26.3 Å². The van der Waals surface area contributed by atoms with Crippen molar-refractivity contribution >= 4 is 17.4 Å². The van der Waals surface area contributed by atoms with Gasteiger partial charge in [0, 0.05) is 5.56 Å². The summed E-state index contributed by atoms with van der Waals surface area (Å²) in [6, 6.07) is 3.03. The maximum atomic E-state index is 12.6. The van der Waals surface area contributed by atoms with Gasteiger partial charge in [-0.05, 0) is 23.7 Å². The van der Waals surface area contributed by atoms with Crippen molar-refractivity contribution in [2.75, 3.05) is 0 Å². The first-order chi connectivity index (χ1) is 8.54. The summed E-state index contributed by atoms with van der Waals surface area (Å²) in [5.74, 6) is -2.72. The molecule has 19 heavy (non-hydrogen) atoms. The Morgan fingerprint density at radius 2 is 1.79 bits per heavy atom. The average Bonchev–Trinajstić information content (AvgIpc) is 2.26. The molecule has 0 atom stereocenters. The van der Waals surface area contributed by atoms with Gasteiger partial charge in [-0.15, -0.1) is 0 Å². The molecular formula is C10H5ClF6O2. The molecule has 2 nitrogen and oxygen atoms in total. The highest BCUT2D eigenvalue weighted by Crippen LogP contribution is 2.30. The van der Waals surface area contributed by atoms with E-state index in [2.05, 4.69) is 16.3 Å². The van der Waals surface area contributed by atoms with E-state index < -0.39 is 35.0 Å². The molecule has 0 bridgehead atoms. The van der Waals surface area contributed by atoms with Gasteiger partial charge in [-0.3, -0.25) is 4.79 Å². The third-order valence-electron chi connectivity index (χ3n) is 1.86. The van der Waals surface area contributed by atoms with E-state index in [4.69, 9.17) is 0 Å².